The molecule has 0 amide bonds. The number of hydrogen-bond donors (Lipinski definition) is 2. The van der Waals surface area contributed by atoms with E-state index in [0.29, 0.717) is 5.69 Å². The Morgan fingerprint density at radius 2 is 2.12 bits per heavy atom. The number of alkyl halides is 2. The Hall–Kier alpha value is -2.90. The second-order valence-corrected chi connectivity index (χ2v) is 4.83. The highest BCUT2D eigenvalue weighted by molar-refractivity contribution is 5.48. The Labute approximate surface area is 138 Å². The van der Waals surface area contributed by atoms with E-state index >= 15 is 0 Å². The normalized spacial score (nSPS) is 11.4. The van der Waals surface area contributed by atoms with Crippen molar-refractivity contribution < 1.29 is 13.5 Å². The van der Waals surface area contributed by atoms with Crippen LogP contribution in [0.1, 0.15) is 24.5 Å². The molecule has 0 bridgehead atoms. The van der Waals surface area contributed by atoms with E-state index in [1.54, 1.807) is 18.5 Å². The van der Waals surface area contributed by atoms with E-state index in [4.69, 9.17) is 10.3 Å². The molecule has 24 heavy (non-hydrogen) atoms. The molecule has 8 heteroatoms. The SMILES string of the molecule is CCc1cnc(OC/C(=C/Nc2cccc(C(F)F)c2)N=N)nc1. The Morgan fingerprint density at radius 1 is 1.38 bits per heavy atom. The molecule has 1 aromatic heterocycles. The third-order valence-corrected chi connectivity index (χ3v) is 3.13. The number of nitrogens with zero attached hydrogens (tertiary/aromatic N) is 3. The van der Waals surface area contributed by atoms with Crippen molar-refractivity contribution in [3.05, 3.63) is 59.7 Å². The number of benzene rings is 1. The summed E-state index contributed by atoms with van der Waals surface area (Å²) in [5.41, 5.74) is 8.78. The number of nitrogens with one attached hydrogen (secondary N) is 2. The molecule has 0 saturated heterocycles. The quantitative estimate of drug-likeness (QED) is 0.704. The van der Waals surface area contributed by atoms with E-state index in [1.807, 2.05) is 6.92 Å². The fourth-order valence-electron chi connectivity index (χ4n) is 1.78. The average Bonchev–Trinajstić information content (AvgIpc) is 2.62. The lowest BCUT2D eigenvalue weighted by molar-refractivity contribution is 0.151. The lowest BCUT2D eigenvalue weighted by Gasteiger charge is -2.07. The first-order valence-electron chi connectivity index (χ1n) is 7.27. The molecule has 2 rings (SSSR count). The molecule has 0 unspecified atom stereocenters. The number of anilines is 1. The van der Waals surface area contributed by atoms with Gasteiger partial charge in [-0.3, -0.25) is 0 Å². The molecule has 6 nitrogen and oxygen atoms in total. The smallest absolute Gasteiger partial charge is 0.316 e. The first-order valence-corrected chi connectivity index (χ1v) is 7.27. The predicted octanol–water partition coefficient (Wildman–Crippen LogP) is 4.34. The Kier molecular flexibility index (Phi) is 6.30. The Bertz CT molecular complexity index is 704. The van der Waals surface area contributed by atoms with Crippen LogP contribution in [0.25, 0.3) is 0 Å². The van der Waals surface area contributed by atoms with E-state index in [0.717, 1.165) is 12.0 Å². The molecular formula is C16H17F2N5O. The van der Waals surface area contributed by atoms with Crippen molar-refractivity contribution in [2.45, 2.75) is 19.8 Å². The number of aryl methyl sites for hydroxylation is 1. The number of hydrogen-bond acceptors (Lipinski definition) is 6. The molecule has 2 aromatic rings. The van der Waals surface area contributed by atoms with Crippen LogP contribution in [0.15, 0.2) is 53.7 Å². The molecule has 2 N–H and O–H groups in total. The van der Waals surface area contributed by atoms with Gasteiger partial charge in [0.25, 0.3) is 6.43 Å². The molecule has 0 aliphatic rings. The second kappa shape index (κ2) is 8.66. The first-order chi connectivity index (χ1) is 11.6. The van der Waals surface area contributed by atoms with Crippen molar-refractivity contribution in [1.29, 1.82) is 5.53 Å². The highest BCUT2D eigenvalue weighted by atomic mass is 19.3. The topological polar surface area (TPSA) is 83.2 Å². The van der Waals surface area contributed by atoms with Gasteiger partial charge in [-0.1, -0.05) is 19.1 Å². The molecule has 0 fully saturated rings. The van der Waals surface area contributed by atoms with Crippen molar-refractivity contribution >= 4 is 5.69 Å². The summed E-state index contributed by atoms with van der Waals surface area (Å²) < 4.78 is 30.6. The van der Waals surface area contributed by atoms with Gasteiger partial charge in [0.2, 0.25) is 0 Å². The van der Waals surface area contributed by atoms with Crippen molar-refractivity contribution in [2.24, 2.45) is 5.11 Å². The minimum absolute atomic E-state index is 0.0174. The van der Waals surface area contributed by atoms with E-state index in [1.165, 1.54) is 24.4 Å². The van der Waals surface area contributed by atoms with Gasteiger partial charge >= 0.3 is 6.01 Å². The van der Waals surface area contributed by atoms with Gasteiger partial charge in [0, 0.05) is 29.8 Å². The van der Waals surface area contributed by atoms with Gasteiger partial charge in [-0.15, -0.1) is 0 Å². The van der Waals surface area contributed by atoms with Crippen molar-refractivity contribution in [1.82, 2.24) is 9.97 Å². The van der Waals surface area contributed by atoms with Gasteiger partial charge in [-0.25, -0.2) is 24.3 Å². The maximum atomic E-state index is 12.6. The largest absolute Gasteiger partial charge is 0.457 e. The fraction of sp³-hybridized carbons (Fsp3) is 0.250. The summed E-state index contributed by atoms with van der Waals surface area (Å²) >= 11 is 0. The first kappa shape index (κ1) is 17.5. The maximum Gasteiger partial charge on any atom is 0.316 e. The lowest BCUT2D eigenvalue weighted by Crippen LogP contribution is -2.04. The summed E-state index contributed by atoms with van der Waals surface area (Å²) in [6.07, 6.45) is 3.03. The van der Waals surface area contributed by atoms with E-state index in [2.05, 4.69) is 20.4 Å². The predicted molar refractivity (Wildman–Crippen MR) is 85.2 cm³/mol. The lowest BCUT2D eigenvalue weighted by atomic mass is 10.2. The van der Waals surface area contributed by atoms with Gasteiger partial charge in [-0.2, -0.15) is 5.11 Å². The standard InChI is InChI=1S/C16H17F2N5O/c1-2-11-7-21-16(22-8-11)24-10-14(23-19)9-20-13-5-3-4-12(6-13)15(17)18/h3-9,15,19-20H,2,10H2,1H3/b14-9-,23-19?. The third-order valence-electron chi connectivity index (χ3n) is 3.13. The molecule has 1 aromatic carbocycles. The molecule has 0 atom stereocenters. The molecule has 0 aliphatic carbocycles. The molecule has 0 radical (unpaired) electrons. The minimum Gasteiger partial charge on any atom is -0.457 e. The minimum atomic E-state index is -2.54. The molecule has 0 aliphatic heterocycles. The van der Waals surface area contributed by atoms with Gasteiger partial charge in [-0.05, 0) is 24.1 Å². The van der Waals surface area contributed by atoms with E-state index in [9.17, 15) is 8.78 Å². The van der Waals surface area contributed by atoms with Gasteiger partial charge in [0.1, 0.15) is 12.3 Å². The molecule has 1 heterocycles. The van der Waals surface area contributed by atoms with E-state index < -0.39 is 6.43 Å². The number of rotatable bonds is 8. The Balaban J connectivity index is 1.96. The fourth-order valence-corrected chi connectivity index (χ4v) is 1.78. The van der Waals surface area contributed by atoms with Crippen LogP contribution in [0.3, 0.4) is 0 Å². The van der Waals surface area contributed by atoms with Crippen molar-refractivity contribution in [3.8, 4) is 6.01 Å². The van der Waals surface area contributed by atoms with Crippen LogP contribution in [0, 0.1) is 5.53 Å². The summed E-state index contributed by atoms with van der Waals surface area (Å²) in [7, 11) is 0. The molecule has 0 spiro atoms. The van der Waals surface area contributed by atoms with Crippen LogP contribution in [0.4, 0.5) is 14.5 Å². The summed E-state index contributed by atoms with van der Waals surface area (Å²) in [4.78, 5) is 8.08. The van der Waals surface area contributed by atoms with Crippen LogP contribution in [-0.2, 0) is 6.42 Å². The van der Waals surface area contributed by atoms with Crippen LogP contribution in [0.2, 0.25) is 0 Å². The summed E-state index contributed by atoms with van der Waals surface area (Å²) in [6, 6.07) is 6.01. The molecule has 126 valence electrons. The second-order valence-electron chi connectivity index (χ2n) is 4.83. The van der Waals surface area contributed by atoms with Crippen molar-refractivity contribution in [2.75, 3.05) is 11.9 Å². The maximum absolute atomic E-state index is 12.6. The summed E-state index contributed by atoms with van der Waals surface area (Å²) in [6.45, 7) is 1.98. The number of ether oxygens (including phenoxy) is 1. The summed E-state index contributed by atoms with van der Waals surface area (Å²) in [5, 5.41) is 6.14. The average molecular weight is 333 g/mol. The zero-order valence-electron chi connectivity index (χ0n) is 13.0. The number of aromatic nitrogens is 2. The molecular weight excluding hydrogens is 316 g/mol. The van der Waals surface area contributed by atoms with Crippen LogP contribution in [-0.4, -0.2) is 16.6 Å². The zero-order chi connectivity index (χ0) is 17.4. The van der Waals surface area contributed by atoms with Crippen molar-refractivity contribution in [3.63, 3.8) is 0 Å². The van der Waals surface area contributed by atoms with Gasteiger partial charge in [0.05, 0.1) is 0 Å². The van der Waals surface area contributed by atoms with Gasteiger partial charge in [0.15, 0.2) is 0 Å². The van der Waals surface area contributed by atoms with E-state index in [-0.39, 0.29) is 23.9 Å². The highest BCUT2D eigenvalue weighted by Crippen LogP contribution is 2.21. The molecule has 0 saturated carbocycles. The Morgan fingerprint density at radius 3 is 2.75 bits per heavy atom. The third kappa shape index (κ3) is 5.08. The summed E-state index contributed by atoms with van der Waals surface area (Å²) in [5.74, 6) is 0. The zero-order valence-corrected chi connectivity index (χ0v) is 13.0. The van der Waals surface area contributed by atoms with Crippen LogP contribution >= 0.6 is 0 Å². The van der Waals surface area contributed by atoms with Crippen LogP contribution < -0.4 is 10.1 Å². The monoisotopic (exact) mass is 333 g/mol. The van der Waals surface area contributed by atoms with Crippen LogP contribution in [0.5, 0.6) is 6.01 Å². The van der Waals surface area contributed by atoms with Gasteiger partial charge < -0.3 is 10.1 Å². The number of halogens is 2. The highest BCUT2D eigenvalue weighted by Gasteiger charge is 2.07.